The van der Waals surface area contributed by atoms with Crippen molar-refractivity contribution < 1.29 is 78.9 Å². The van der Waals surface area contributed by atoms with Crippen LogP contribution in [0.15, 0.2) is 0 Å². The van der Waals surface area contributed by atoms with Crippen LogP contribution < -0.4 is 69.3 Å². The van der Waals surface area contributed by atoms with E-state index in [9.17, 15) is 19.8 Å². The van der Waals surface area contributed by atoms with E-state index in [1.165, 1.54) is 64.2 Å². The SMILES string of the molecule is CCCCCCCCCCC(C(=O)[O-])C(CCCCCCCCCC)C(=O)[O-].[Na+].[Na+]. The number of carbonyl (C=O) groups excluding carboxylic acids is 2. The van der Waals surface area contributed by atoms with Gasteiger partial charge in [0.25, 0.3) is 0 Å². The molecular weight excluding hydrogens is 398 g/mol. The predicted octanol–water partition coefficient (Wildman–Crippen LogP) is -1.21. The van der Waals surface area contributed by atoms with Gasteiger partial charge in [0.1, 0.15) is 0 Å². The normalized spacial score (nSPS) is 12.5. The summed E-state index contributed by atoms with van der Waals surface area (Å²) >= 11 is 0. The van der Waals surface area contributed by atoms with Gasteiger partial charge in [-0.05, 0) is 12.8 Å². The quantitative estimate of drug-likeness (QED) is 0.165. The van der Waals surface area contributed by atoms with E-state index in [-0.39, 0.29) is 59.1 Å². The van der Waals surface area contributed by atoms with E-state index in [0.29, 0.717) is 12.8 Å². The Bertz CT molecular complexity index is 355. The molecule has 0 radical (unpaired) electrons. The molecule has 0 bridgehead atoms. The fourth-order valence-corrected chi connectivity index (χ4v) is 3.96. The number of hydrogen-bond donors (Lipinski definition) is 0. The monoisotopic (exact) mass is 442 g/mol. The molecule has 0 aromatic heterocycles. The number of hydrogen-bond acceptors (Lipinski definition) is 4. The first kappa shape index (κ1) is 35.5. The van der Waals surface area contributed by atoms with Gasteiger partial charge in [0.05, 0.1) is 0 Å². The van der Waals surface area contributed by atoms with Crippen molar-refractivity contribution >= 4 is 11.9 Å². The molecule has 0 aliphatic rings. The number of rotatable bonds is 21. The Hall–Kier alpha value is 0.940. The second kappa shape index (κ2) is 26.2. The van der Waals surface area contributed by atoms with Crippen molar-refractivity contribution in [1.82, 2.24) is 0 Å². The molecule has 0 rings (SSSR count). The third-order valence-corrected chi connectivity index (χ3v) is 5.83. The summed E-state index contributed by atoms with van der Waals surface area (Å²) in [4.78, 5) is 23.0. The molecule has 0 aliphatic carbocycles. The largest absolute Gasteiger partial charge is 1.00 e. The van der Waals surface area contributed by atoms with Gasteiger partial charge in [-0.15, -0.1) is 0 Å². The van der Waals surface area contributed by atoms with Crippen LogP contribution in [0.5, 0.6) is 0 Å². The molecule has 30 heavy (non-hydrogen) atoms. The third kappa shape index (κ3) is 20.8. The molecule has 2 atom stereocenters. The van der Waals surface area contributed by atoms with Gasteiger partial charge in [-0.25, -0.2) is 0 Å². The van der Waals surface area contributed by atoms with Crippen molar-refractivity contribution in [2.75, 3.05) is 0 Å². The zero-order chi connectivity index (χ0) is 21.0. The van der Waals surface area contributed by atoms with Gasteiger partial charge in [0.2, 0.25) is 0 Å². The summed E-state index contributed by atoms with van der Waals surface area (Å²) in [5.74, 6) is -4.27. The molecule has 0 aromatic rings. The molecule has 2 unspecified atom stereocenters. The van der Waals surface area contributed by atoms with Crippen LogP contribution in [-0.4, -0.2) is 11.9 Å². The van der Waals surface area contributed by atoms with Crippen LogP contribution in [-0.2, 0) is 9.59 Å². The summed E-state index contributed by atoms with van der Waals surface area (Å²) in [5, 5.41) is 23.0. The Balaban J connectivity index is -0.00000364. The summed E-state index contributed by atoms with van der Waals surface area (Å²) in [6, 6.07) is 0. The van der Waals surface area contributed by atoms with Gasteiger partial charge in [-0.1, -0.05) is 117 Å². The van der Waals surface area contributed by atoms with Crippen molar-refractivity contribution in [3.05, 3.63) is 0 Å². The Morgan fingerprint density at radius 3 is 0.967 bits per heavy atom. The molecule has 0 amide bonds. The molecular formula is C24H44Na2O4. The smallest absolute Gasteiger partial charge is 0.550 e. The molecule has 166 valence electrons. The zero-order valence-electron chi connectivity index (χ0n) is 20.5. The van der Waals surface area contributed by atoms with Gasteiger partial charge < -0.3 is 19.8 Å². The number of carboxylic acids is 2. The number of carboxylic acid groups (broad SMARTS) is 2. The standard InChI is InChI=1S/C24H46O4.2Na/c1-3-5-7-9-11-13-15-17-19-21(23(25)26)22(24(27)28)20-18-16-14-12-10-8-6-4-2;;/h21-22H,3-20H2,1-2H3,(H,25,26)(H,27,28);;/q;2*+1/p-2. The van der Waals surface area contributed by atoms with E-state index < -0.39 is 23.8 Å². The fraction of sp³-hybridized carbons (Fsp3) is 0.917. The summed E-state index contributed by atoms with van der Waals surface area (Å²) in [7, 11) is 0. The van der Waals surface area contributed by atoms with Gasteiger partial charge in [-0.3, -0.25) is 0 Å². The average molecular weight is 443 g/mol. The first-order chi connectivity index (χ1) is 13.5. The third-order valence-electron chi connectivity index (χ3n) is 5.83. The van der Waals surface area contributed by atoms with Crippen molar-refractivity contribution in [2.45, 2.75) is 129 Å². The van der Waals surface area contributed by atoms with Crippen molar-refractivity contribution in [1.29, 1.82) is 0 Å². The van der Waals surface area contributed by atoms with Gasteiger partial charge in [-0.2, -0.15) is 0 Å². The molecule has 0 fully saturated rings. The topological polar surface area (TPSA) is 80.3 Å². The maximum Gasteiger partial charge on any atom is 1.00 e. The Labute approximate surface area is 230 Å². The van der Waals surface area contributed by atoms with Crippen LogP contribution in [0, 0.1) is 11.8 Å². The van der Waals surface area contributed by atoms with Gasteiger partial charge in [0.15, 0.2) is 0 Å². The Morgan fingerprint density at radius 1 is 0.500 bits per heavy atom. The van der Waals surface area contributed by atoms with E-state index >= 15 is 0 Å². The van der Waals surface area contributed by atoms with Crippen molar-refractivity contribution in [3.63, 3.8) is 0 Å². The van der Waals surface area contributed by atoms with Crippen LogP contribution in [0.4, 0.5) is 0 Å². The van der Waals surface area contributed by atoms with E-state index in [4.69, 9.17) is 0 Å². The summed E-state index contributed by atoms with van der Waals surface area (Å²) in [6.45, 7) is 4.39. The van der Waals surface area contributed by atoms with Crippen LogP contribution >= 0.6 is 0 Å². The number of aliphatic carboxylic acids is 2. The van der Waals surface area contributed by atoms with Gasteiger partial charge in [0, 0.05) is 23.8 Å². The van der Waals surface area contributed by atoms with Crippen molar-refractivity contribution in [3.8, 4) is 0 Å². The molecule has 0 aromatic carbocycles. The molecule has 0 saturated carbocycles. The molecule has 0 heterocycles. The second-order valence-corrected chi connectivity index (χ2v) is 8.38. The maximum atomic E-state index is 11.5. The van der Waals surface area contributed by atoms with E-state index in [1.54, 1.807) is 0 Å². The Kier molecular flexibility index (Phi) is 31.0. The summed E-state index contributed by atoms with van der Waals surface area (Å²) in [6.07, 6.45) is 18.8. The Morgan fingerprint density at radius 2 is 0.733 bits per heavy atom. The second-order valence-electron chi connectivity index (χ2n) is 8.38. The van der Waals surface area contributed by atoms with Crippen LogP contribution in [0.3, 0.4) is 0 Å². The number of carbonyl (C=O) groups is 2. The molecule has 0 saturated heterocycles. The fourth-order valence-electron chi connectivity index (χ4n) is 3.96. The number of unbranched alkanes of at least 4 members (excludes halogenated alkanes) is 14. The average Bonchev–Trinajstić information content (AvgIpc) is 2.66. The molecule has 0 spiro atoms. The van der Waals surface area contributed by atoms with E-state index in [0.717, 1.165) is 38.5 Å². The minimum Gasteiger partial charge on any atom is -0.550 e. The molecule has 0 N–H and O–H groups in total. The predicted molar refractivity (Wildman–Crippen MR) is 111 cm³/mol. The van der Waals surface area contributed by atoms with Crippen LogP contribution in [0.2, 0.25) is 0 Å². The summed E-state index contributed by atoms with van der Waals surface area (Å²) < 4.78 is 0. The minimum absolute atomic E-state index is 0. The minimum atomic E-state index is -1.23. The zero-order valence-corrected chi connectivity index (χ0v) is 24.5. The first-order valence-corrected chi connectivity index (χ1v) is 12.0. The molecule has 0 aliphatic heterocycles. The van der Waals surface area contributed by atoms with Crippen molar-refractivity contribution in [2.24, 2.45) is 11.8 Å². The first-order valence-electron chi connectivity index (χ1n) is 12.0. The molecule has 4 nitrogen and oxygen atoms in total. The van der Waals surface area contributed by atoms with Crippen LogP contribution in [0.25, 0.3) is 0 Å². The van der Waals surface area contributed by atoms with Crippen LogP contribution in [0.1, 0.15) is 129 Å². The maximum absolute atomic E-state index is 11.5. The van der Waals surface area contributed by atoms with E-state index in [2.05, 4.69) is 13.8 Å². The molecule has 6 heteroatoms. The summed E-state index contributed by atoms with van der Waals surface area (Å²) in [5.41, 5.74) is 0. The van der Waals surface area contributed by atoms with Gasteiger partial charge >= 0.3 is 59.1 Å². The van der Waals surface area contributed by atoms with E-state index in [1.807, 2.05) is 0 Å².